The number of rotatable bonds is 8. The van der Waals surface area contributed by atoms with Crippen LogP contribution in [0.2, 0.25) is 0 Å². The molecule has 23 heavy (non-hydrogen) atoms. The standard InChI is InChI=1S/C13H24N3O6P/c1-5-18-23(17,19-6-2)8-9-10(7-15-16-14)20-12-11(9)21-13(3,4)22-12/h9-12H,5-8H2,1-4H3/t9-,10-,11-,12-/m1/s1. The summed E-state index contributed by atoms with van der Waals surface area (Å²) in [6.45, 7) is 7.77. The number of azide groups is 1. The van der Waals surface area contributed by atoms with Gasteiger partial charge in [-0.25, -0.2) is 0 Å². The number of ether oxygens (including phenoxy) is 3. The topological polar surface area (TPSA) is 112 Å². The van der Waals surface area contributed by atoms with Crippen LogP contribution in [0.4, 0.5) is 0 Å². The van der Waals surface area contributed by atoms with Crippen molar-refractivity contribution in [2.24, 2.45) is 11.0 Å². The van der Waals surface area contributed by atoms with E-state index >= 15 is 0 Å². The lowest BCUT2D eigenvalue weighted by Gasteiger charge is -2.27. The number of hydrogen-bond acceptors (Lipinski definition) is 7. The molecule has 2 rings (SSSR count). The second-order valence-corrected chi connectivity index (χ2v) is 7.95. The predicted molar refractivity (Wildman–Crippen MR) is 81.9 cm³/mol. The van der Waals surface area contributed by atoms with Gasteiger partial charge in [0.25, 0.3) is 0 Å². The van der Waals surface area contributed by atoms with E-state index in [2.05, 4.69) is 10.0 Å². The van der Waals surface area contributed by atoms with Crippen molar-refractivity contribution in [2.75, 3.05) is 25.9 Å². The van der Waals surface area contributed by atoms with E-state index in [0.717, 1.165) is 0 Å². The minimum Gasteiger partial charge on any atom is -0.346 e. The maximum atomic E-state index is 12.8. The molecule has 2 heterocycles. The minimum absolute atomic E-state index is 0.111. The SMILES string of the molecule is CCOP(=O)(C[C@H]1[C@H]2OC(C)(C)O[C@H]2O[C@@H]1CN=[N+]=[N-])OCC. The second kappa shape index (κ2) is 7.49. The van der Waals surface area contributed by atoms with E-state index < -0.39 is 31.9 Å². The molecule has 0 saturated carbocycles. The molecule has 0 amide bonds. The largest absolute Gasteiger partial charge is 0.346 e. The fourth-order valence-corrected chi connectivity index (χ4v) is 4.98. The Morgan fingerprint density at radius 2 is 1.91 bits per heavy atom. The molecular formula is C13H24N3O6P. The second-order valence-electron chi connectivity index (χ2n) is 5.85. The fourth-order valence-electron chi connectivity index (χ4n) is 2.95. The molecule has 0 aromatic rings. The van der Waals surface area contributed by atoms with Crippen LogP contribution in [0.25, 0.3) is 10.4 Å². The van der Waals surface area contributed by atoms with E-state index in [9.17, 15) is 4.57 Å². The van der Waals surface area contributed by atoms with Gasteiger partial charge in [0.05, 0.1) is 32.0 Å². The first-order chi connectivity index (χ1) is 10.8. The third-order valence-electron chi connectivity index (χ3n) is 3.71. The molecule has 0 aliphatic carbocycles. The van der Waals surface area contributed by atoms with Gasteiger partial charge < -0.3 is 23.3 Å². The van der Waals surface area contributed by atoms with Crippen LogP contribution in [0.3, 0.4) is 0 Å². The summed E-state index contributed by atoms with van der Waals surface area (Å²) in [6.07, 6.45) is -1.31. The Morgan fingerprint density at radius 1 is 1.26 bits per heavy atom. The molecule has 2 aliphatic rings. The van der Waals surface area contributed by atoms with E-state index in [1.165, 1.54) is 0 Å². The van der Waals surface area contributed by atoms with Crippen molar-refractivity contribution in [1.82, 2.24) is 0 Å². The zero-order valence-corrected chi connectivity index (χ0v) is 14.8. The Bertz CT molecular complexity index is 500. The molecule has 0 spiro atoms. The monoisotopic (exact) mass is 349 g/mol. The number of fused-ring (bicyclic) bond motifs is 1. The van der Waals surface area contributed by atoms with Gasteiger partial charge in [0.1, 0.15) is 6.10 Å². The molecule has 0 aromatic heterocycles. The van der Waals surface area contributed by atoms with E-state index in [0.29, 0.717) is 0 Å². The Balaban J connectivity index is 2.18. The van der Waals surface area contributed by atoms with E-state index in [1.54, 1.807) is 27.7 Å². The van der Waals surface area contributed by atoms with Crippen LogP contribution >= 0.6 is 7.60 Å². The van der Waals surface area contributed by atoms with Crippen molar-refractivity contribution in [3.63, 3.8) is 0 Å². The Labute approximate surface area is 135 Å². The smallest absolute Gasteiger partial charge is 0.331 e. The van der Waals surface area contributed by atoms with E-state index in [4.69, 9.17) is 28.8 Å². The predicted octanol–water partition coefficient (Wildman–Crippen LogP) is 3.06. The van der Waals surface area contributed by atoms with Crippen molar-refractivity contribution in [3.8, 4) is 0 Å². The molecule has 2 saturated heterocycles. The molecule has 0 aromatic carbocycles. The number of hydrogen-bond donors (Lipinski definition) is 0. The Morgan fingerprint density at radius 3 is 2.48 bits per heavy atom. The van der Waals surface area contributed by atoms with Crippen LogP contribution in [0, 0.1) is 5.92 Å². The normalized spacial score (nSPS) is 32.5. The first kappa shape index (κ1) is 18.7. The lowest BCUT2D eigenvalue weighted by atomic mass is 10.0. The lowest BCUT2D eigenvalue weighted by molar-refractivity contribution is -0.208. The quantitative estimate of drug-likeness (QED) is 0.288. The summed E-state index contributed by atoms with van der Waals surface area (Å²) in [6, 6.07) is 0. The lowest BCUT2D eigenvalue weighted by Crippen LogP contribution is -2.34. The van der Waals surface area contributed by atoms with Gasteiger partial charge >= 0.3 is 7.60 Å². The summed E-state index contributed by atoms with van der Waals surface area (Å²) < 4.78 is 40.9. The van der Waals surface area contributed by atoms with E-state index in [1.807, 2.05) is 0 Å². The molecule has 0 bridgehead atoms. The maximum absolute atomic E-state index is 12.8. The molecule has 0 radical (unpaired) electrons. The summed E-state index contributed by atoms with van der Waals surface area (Å²) in [4.78, 5) is 2.76. The van der Waals surface area contributed by atoms with Crippen molar-refractivity contribution >= 4 is 7.60 Å². The van der Waals surface area contributed by atoms with Gasteiger partial charge in [-0.2, -0.15) is 0 Å². The van der Waals surface area contributed by atoms with Gasteiger partial charge in [0.2, 0.25) is 0 Å². The molecule has 0 N–H and O–H groups in total. The molecule has 132 valence electrons. The van der Waals surface area contributed by atoms with Crippen LogP contribution in [0.15, 0.2) is 5.11 Å². The Kier molecular flexibility index (Phi) is 6.08. The average molecular weight is 349 g/mol. The first-order valence-corrected chi connectivity index (χ1v) is 9.47. The highest BCUT2D eigenvalue weighted by Gasteiger charge is 2.56. The van der Waals surface area contributed by atoms with Crippen molar-refractivity contribution in [1.29, 1.82) is 0 Å². The highest BCUT2D eigenvalue weighted by Crippen LogP contribution is 2.54. The van der Waals surface area contributed by atoms with Crippen LogP contribution < -0.4 is 0 Å². The maximum Gasteiger partial charge on any atom is 0.331 e. The molecule has 0 unspecified atom stereocenters. The molecular weight excluding hydrogens is 325 g/mol. The van der Waals surface area contributed by atoms with Gasteiger partial charge in [-0.1, -0.05) is 5.11 Å². The Hall–Kier alpha value is -0.660. The summed E-state index contributed by atoms with van der Waals surface area (Å²) in [5.74, 6) is -1.09. The summed E-state index contributed by atoms with van der Waals surface area (Å²) >= 11 is 0. The molecule has 2 aliphatic heterocycles. The van der Waals surface area contributed by atoms with Crippen LogP contribution in [0.1, 0.15) is 27.7 Å². The van der Waals surface area contributed by atoms with Gasteiger partial charge in [0, 0.05) is 10.8 Å². The third-order valence-corrected chi connectivity index (χ3v) is 5.88. The minimum atomic E-state index is -3.28. The van der Waals surface area contributed by atoms with Crippen molar-refractivity contribution in [3.05, 3.63) is 10.4 Å². The summed E-state index contributed by atoms with van der Waals surface area (Å²) in [5.41, 5.74) is 8.54. The van der Waals surface area contributed by atoms with Gasteiger partial charge in [0.15, 0.2) is 12.1 Å². The van der Waals surface area contributed by atoms with Gasteiger partial charge in [-0.3, -0.25) is 4.57 Å². The average Bonchev–Trinajstić information content (AvgIpc) is 2.90. The molecule has 2 fully saturated rings. The fraction of sp³-hybridized carbons (Fsp3) is 1.00. The zero-order valence-electron chi connectivity index (χ0n) is 13.9. The van der Waals surface area contributed by atoms with Crippen LogP contribution in [0.5, 0.6) is 0 Å². The number of nitrogens with zero attached hydrogens (tertiary/aromatic N) is 3. The van der Waals surface area contributed by atoms with E-state index in [-0.39, 0.29) is 31.8 Å². The van der Waals surface area contributed by atoms with Crippen LogP contribution in [-0.2, 0) is 27.8 Å². The highest BCUT2D eigenvalue weighted by molar-refractivity contribution is 7.53. The molecule has 10 heteroatoms. The highest BCUT2D eigenvalue weighted by atomic mass is 31.2. The van der Waals surface area contributed by atoms with Crippen molar-refractivity contribution < 1.29 is 27.8 Å². The molecule has 4 atom stereocenters. The summed E-state index contributed by atoms with van der Waals surface area (Å²) in [7, 11) is -3.28. The van der Waals surface area contributed by atoms with Crippen molar-refractivity contribution in [2.45, 2.75) is 52.0 Å². The van der Waals surface area contributed by atoms with Gasteiger partial charge in [-0.15, -0.1) is 0 Å². The first-order valence-electron chi connectivity index (χ1n) is 7.74. The molecule has 9 nitrogen and oxygen atoms in total. The summed E-state index contributed by atoms with van der Waals surface area (Å²) in [5, 5.41) is 3.56. The van der Waals surface area contributed by atoms with Crippen LogP contribution in [-0.4, -0.2) is 50.2 Å². The van der Waals surface area contributed by atoms with Gasteiger partial charge in [-0.05, 0) is 33.2 Å². The zero-order chi connectivity index (χ0) is 17.1. The third kappa shape index (κ3) is 4.45.